The number of halogens is 2. The van der Waals surface area contributed by atoms with Crippen molar-refractivity contribution in [3.63, 3.8) is 0 Å². The van der Waals surface area contributed by atoms with E-state index in [0.29, 0.717) is 0 Å². The Bertz CT molecular complexity index is 839. The fraction of sp³-hybridized carbons (Fsp3) is 0.143. The normalized spacial score (nSPS) is 17.4. The van der Waals surface area contributed by atoms with E-state index in [1.807, 2.05) is 0 Å². The van der Waals surface area contributed by atoms with Crippen molar-refractivity contribution in [1.82, 2.24) is 0 Å². The zero-order chi connectivity index (χ0) is 15.6. The van der Waals surface area contributed by atoms with Gasteiger partial charge in [-0.3, -0.25) is 0 Å². The van der Waals surface area contributed by atoms with Crippen LogP contribution in [0.5, 0.6) is 0 Å². The molecule has 25 heavy (non-hydrogen) atoms. The van der Waals surface area contributed by atoms with Crippen LogP contribution in [-0.2, 0) is 22.9 Å². The van der Waals surface area contributed by atoms with Crippen molar-refractivity contribution in [1.29, 1.82) is 0 Å². The van der Waals surface area contributed by atoms with Crippen LogP contribution in [0.4, 0.5) is 0 Å². The number of allylic oxidation sites excluding steroid dienone is 5. The summed E-state index contributed by atoms with van der Waals surface area (Å²) >= 11 is -0.860. The first-order valence-corrected chi connectivity index (χ1v) is 12.9. The van der Waals surface area contributed by atoms with Gasteiger partial charge in [0.15, 0.2) is 0 Å². The van der Waals surface area contributed by atoms with Gasteiger partial charge in [0.25, 0.3) is 0 Å². The number of fused-ring (bicyclic) bond motifs is 1. The predicted molar refractivity (Wildman–Crippen MR) is 98.1 cm³/mol. The average molecular weight is 552 g/mol. The van der Waals surface area contributed by atoms with Gasteiger partial charge >= 0.3 is 152 Å². The topological polar surface area (TPSA) is 0 Å². The summed E-state index contributed by atoms with van der Waals surface area (Å²) in [5.74, 6) is 0. The van der Waals surface area contributed by atoms with Gasteiger partial charge in [0.05, 0.1) is 0 Å². The van der Waals surface area contributed by atoms with Crippen molar-refractivity contribution in [2.24, 2.45) is 0 Å². The predicted octanol–water partition coefficient (Wildman–Crippen LogP) is -0.671. The summed E-state index contributed by atoms with van der Waals surface area (Å²) in [5, 5.41) is 3.19. The van der Waals surface area contributed by atoms with E-state index in [1.165, 1.54) is 22.9 Å². The van der Waals surface area contributed by atoms with E-state index >= 15 is 0 Å². The largest absolute Gasteiger partial charge is 1.00 e. The number of benzene rings is 2. The molecule has 2 aliphatic carbocycles. The van der Waals surface area contributed by atoms with Crippen LogP contribution in [-0.4, -0.2) is 0 Å². The van der Waals surface area contributed by atoms with E-state index in [2.05, 4.69) is 79.8 Å². The second-order valence-corrected chi connectivity index (χ2v) is 12.9. The van der Waals surface area contributed by atoms with Gasteiger partial charge in [0.1, 0.15) is 0 Å². The molecule has 0 aromatic heterocycles. The molecule has 0 saturated heterocycles. The van der Waals surface area contributed by atoms with Crippen molar-refractivity contribution in [3.05, 3.63) is 92.1 Å². The fourth-order valence-corrected chi connectivity index (χ4v) is 11.1. The summed E-state index contributed by atoms with van der Waals surface area (Å²) in [4.78, 5) is 0. The van der Waals surface area contributed by atoms with Gasteiger partial charge in [-0.2, -0.15) is 0 Å². The molecule has 0 spiro atoms. The Morgan fingerprint density at radius 2 is 1.76 bits per heavy atom. The monoisotopic (exact) mass is 552 g/mol. The molecule has 0 saturated carbocycles. The molecule has 0 heterocycles. The zero-order valence-corrected chi connectivity index (χ0v) is 20.1. The third-order valence-corrected chi connectivity index (χ3v) is 13.0. The van der Waals surface area contributed by atoms with Gasteiger partial charge in [-0.05, 0) is 0 Å². The minimum atomic E-state index is -0.860. The standard InChI is InChI=1S/C16H14P.C5H5.2ClH.Hf/c1-12-6-2-5-9-16(12)17-15-10-13-7-3-4-8-14(13)11-15;1-2-4-5-3-1;;;/h2-11,17H,1H3;1-3H,4H2;2*1H;/q;;;;+2/p-2. The maximum atomic E-state index is 2.49. The Kier molecular flexibility index (Phi) is 7.90. The summed E-state index contributed by atoms with van der Waals surface area (Å²) in [6.45, 7) is 2.24. The number of hydrogen-bond acceptors (Lipinski definition) is 0. The summed E-state index contributed by atoms with van der Waals surface area (Å²) in [7, 11) is 0.818. The van der Waals surface area contributed by atoms with Gasteiger partial charge < -0.3 is 24.8 Å². The van der Waals surface area contributed by atoms with Gasteiger partial charge in [0, 0.05) is 0 Å². The summed E-state index contributed by atoms with van der Waals surface area (Å²) in [6.07, 6.45) is 10.6. The van der Waals surface area contributed by atoms with E-state index in [0.717, 1.165) is 12.3 Å². The molecule has 126 valence electrons. The maximum Gasteiger partial charge on any atom is -1.00 e. The Balaban J connectivity index is 0.00000113. The first-order valence-electron chi connectivity index (χ1n) is 8.07. The summed E-state index contributed by atoms with van der Waals surface area (Å²) in [6, 6.07) is 17.9. The van der Waals surface area contributed by atoms with Crippen LogP contribution < -0.4 is 30.1 Å². The Hall–Kier alpha value is -0.460. The minimum absolute atomic E-state index is 0. The van der Waals surface area contributed by atoms with E-state index in [-0.39, 0.29) is 24.8 Å². The molecule has 0 fully saturated rings. The quantitative estimate of drug-likeness (QED) is 0.350. The van der Waals surface area contributed by atoms with Gasteiger partial charge in [-0.1, -0.05) is 0 Å². The minimum Gasteiger partial charge on any atom is -1.00 e. The van der Waals surface area contributed by atoms with Crippen LogP contribution in [0.25, 0.3) is 6.08 Å². The van der Waals surface area contributed by atoms with E-state index in [1.54, 1.807) is 14.2 Å². The maximum absolute atomic E-state index is 2.49. The number of aryl methyl sites for hydroxylation is 1. The second-order valence-electron chi connectivity index (χ2n) is 6.07. The fourth-order valence-electron chi connectivity index (χ4n) is 3.20. The van der Waals surface area contributed by atoms with Crippen LogP contribution in [0.3, 0.4) is 0 Å². The average Bonchev–Trinajstić information content (AvgIpc) is 3.19. The van der Waals surface area contributed by atoms with Crippen molar-refractivity contribution >= 4 is 20.0 Å². The Morgan fingerprint density at radius 1 is 1.00 bits per heavy atom. The molecule has 2 aliphatic rings. The first kappa shape index (κ1) is 20.8. The smallest absolute Gasteiger partial charge is 1.00 e. The van der Waals surface area contributed by atoms with Crippen molar-refractivity contribution in [2.45, 2.75) is 17.0 Å². The van der Waals surface area contributed by atoms with E-state index in [4.69, 9.17) is 0 Å². The molecule has 4 rings (SSSR count). The Morgan fingerprint density at radius 3 is 2.52 bits per heavy atom. The first-order chi connectivity index (χ1) is 11.3. The number of hydrogen-bond donors (Lipinski definition) is 0. The molecule has 2 aromatic carbocycles. The van der Waals surface area contributed by atoms with Crippen LogP contribution in [0, 0.1) is 6.92 Å². The molecule has 2 aromatic rings. The SMILES string of the molecule is Cc1ccccc1PC1=Cc2ccccc2[CH]1[Hf+2][C]1=CC=CC1.[Cl-].[Cl-]. The molecule has 4 heteroatoms. The molecule has 2 atom stereocenters. The molecule has 0 radical (unpaired) electrons. The summed E-state index contributed by atoms with van der Waals surface area (Å²) < 4.78 is 2.50. The third-order valence-electron chi connectivity index (χ3n) is 4.45. The van der Waals surface area contributed by atoms with Crippen LogP contribution in [0.2, 0.25) is 0 Å². The van der Waals surface area contributed by atoms with Crippen LogP contribution in [0.15, 0.2) is 75.4 Å². The van der Waals surface area contributed by atoms with Crippen molar-refractivity contribution in [2.75, 3.05) is 0 Å². The van der Waals surface area contributed by atoms with E-state index in [9.17, 15) is 0 Å². The molecule has 0 aliphatic heterocycles. The van der Waals surface area contributed by atoms with Crippen LogP contribution >= 0.6 is 8.58 Å². The second kappa shape index (κ2) is 9.47. The molecule has 0 bridgehead atoms. The van der Waals surface area contributed by atoms with Crippen molar-refractivity contribution in [3.8, 4) is 0 Å². The number of rotatable bonds is 4. The van der Waals surface area contributed by atoms with Gasteiger partial charge in [-0.25, -0.2) is 0 Å². The third kappa shape index (κ3) is 4.64. The molecule has 2 unspecified atom stereocenters. The van der Waals surface area contributed by atoms with Crippen molar-refractivity contribution < 1.29 is 47.7 Å². The summed E-state index contributed by atoms with van der Waals surface area (Å²) in [5.41, 5.74) is 4.49. The molecular formula is C21H19Cl2HfP. The zero-order valence-electron chi connectivity index (χ0n) is 14.0. The molecule has 0 nitrogen and oxygen atoms in total. The van der Waals surface area contributed by atoms with Gasteiger partial charge in [-0.15, -0.1) is 0 Å². The molecule has 0 N–H and O–H groups in total. The molecular weight excluding hydrogens is 533 g/mol. The van der Waals surface area contributed by atoms with E-state index < -0.39 is 22.9 Å². The Labute approximate surface area is 175 Å². The van der Waals surface area contributed by atoms with Gasteiger partial charge in [0.2, 0.25) is 0 Å². The molecule has 0 amide bonds. The van der Waals surface area contributed by atoms with Crippen LogP contribution in [0.1, 0.15) is 26.8 Å².